The van der Waals surface area contributed by atoms with Gasteiger partial charge in [-0.1, -0.05) is 11.6 Å². The predicted molar refractivity (Wildman–Crippen MR) is 88.5 cm³/mol. The van der Waals surface area contributed by atoms with E-state index in [9.17, 15) is 4.39 Å². The SMILES string of the molecule is Nc1ccc(Nc2ccc(Cl)cc2F)c2ncc(Br)cc12. The largest absolute Gasteiger partial charge is 0.398 e. The van der Waals surface area contributed by atoms with Gasteiger partial charge in [0, 0.05) is 26.8 Å². The zero-order valence-corrected chi connectivity index (χ0v) is 13.0. The van der Waals surface area contributed by atoms with Gasteiger partial charge in [-0.2, -0.15) is 0 Å². The van der Waals surface area contributed by atoms with Gasteiger partial charge in [0.25, 0.3) is 0 Å². The Bertz CT molecular complexity index is 839. The van der Waals surface area contributed by atoms with Crippen molar-refractivity contribution in [1.29, 1.82) is 0 Å². The van der Waals surface area contributed by atoms with Crippen LogP contribution in [0.3, 0.4) is 0 Å². The number of aromatic nitrogens is 1. The van der Waals surface area contributed by atoms with Gasteiger partial charge in [0.15, 0.2) is 0 Å². The van der Waals surface area contributed by atoms with E-state index in [4.69, 9.17) is 17.3 Å². The number of hydrogen-bond donors (Lipinski definition) is 2. The molecule has 0 atom stereocenters. The second kappa shape index (κ2) is 5.50. The topological polar surface area (TPSA) is 50.9 Å². The van der Waals surface area contributed by atoms with Crippen molar-refractivity contribution < 1.29 is 4.39 Å². The van der Waals surface area contributed by atoms with E-state index in [0.29, 0.717) is 27.6 Å². The van der Waals surface area contributed by atoms with Crippen LogP contribution in [0, 0.1) is 5.82 Å². The van der Waals surface area contributed by atoms with Crippen molar-refractivity contribution in [3.8, 4) is 0 Å². The van der Waals surface area contributed by atoms with Gasteiger partial charge in [-0.15, -0.1) is 0 Å². The first kappa shape index (κ1) is 14.1. The van der Waals surface area contributed by atoms with E-state index in [1.165, 1.54) is 6.07 Å². The van der Waals surface area contributed by atoms with Gasteiger partial charge in [-0.05, 0) is 52.3 Å². The molecule has 0 amide bonds. The summed E-state index contributed by atoms with van der Waals surface area (Å²) in [5.74, 6) is -0.426. The number of fused-ring (bicyclic) bond motifs is 1. The summed E-state index contributed by atoms with van der Waals surface area (Å²) >= 11 is 9.12. The number of rotatable bonds is 2. The summed E-state index contributed by atoms with van der Waals surface area (Å²) in [6, 6.07) is 9.86. The van der Waals surface area contributed by atoms with Gasteiger partial charge in [0.1, 0.15) is 5.82 Å². The summed E-state index contributed by atoms with van der Waals surface area (Å²) < 4.78 is 14.7. The van der Waals surface area contributed by atoms with Crippen LogP contribution < -0.4 is 11.1 Å². The maximum absolute atomic E-state index is 13.9. The third-order valence-electron chi connectivity index (χ3n) is 3.05. The van der Waals surface area contributed by atoms with E-state index in [2.05, 4.69) is 26.2 Å². The predicted octanol–water partition coefficient (Wildman–Crippen LogP) is 5.12. The monoisotopic (exact) mass is 365 g/mol. The van der Waals surface area contributed by atoms with Crippen LogP contribution in [0.2, 0.25) is 5.02 Å². The number of hydrogen-bond acceptors (Lipinski definition) is 3. The smallest absolute Gasteiger partial charge is 0.148 e. The molecule has 21 heavy (non-hydrogen) atoms. The molecule has 1 aromatic heterocycles. The number of halogens is 3. The van der Waals surface area contributed by atoms with E-state index in [1.807, 2.05) is 6.07 Å². The fourth-order valence-corrected chi connectivity index (χ4v) is 2.54. The molecule has 0 saturated heterocycles. The zero-order chi connectivity index (χ0) is 15.0. The van der Waals surface area contributed by atoms with Crippen LogP contribution in [0.1, 0.15) is 0 Å². The second-order valence-electron chi connectivity index (χ2n) is 4.50. The third-order valence-corrected chi connectivity index (χ3v) is 3.72. The van der Waals surface area contributed by atoms with E-state index in [1.54, 1.807) is 30.5 Å². The van der Waals surface area contributed by atoms with Crippen molar-refractivity contribution in [2.45, 2.75) is 0 Å². The van der Waals surface area contributed by atoms with Crippen LogP contribution in [0.25, 0.3) is 10.9 Å². The molecule has 3 nitrogen and oxygen atoms in total. The average Bonchev–Trinajstić information content (AvgIpc) is 2.45. The van der Waals surface area contributed by atoms with Gasteiger partial charge < -0.3 is 11.1 Å². The van der Waals surface area contributed by atoms with Gasteiger partial charge in [0.2, 0.25) is 0 Å². The molecule has 1 heterocycles. The lowest BCUT2D eigenvalue weighted by molar-refractivity contribution is 0.632. The van der Waals surface area contributed by atoms with Crippen molar-refractivity contribution >= 4 is 55.5 Å². The lowest BCUT2D eigenvalue weighted by atomic mass is 10.1. The third kappa shape index (κ3) is 2.80. The van der Waals surface area contributed by atoms with Crippen molar-refractivity contribution in [2.24, 2.45) is 0 Å². The Kier molecular flexibility index (Phi) is 3.69. The molecule has 6 heteroatoms. The maximum atomic E-state index is 13.9. The molecule has 0 fully saturated rings. The summed E-state index contributed by atoms with van der Waals surface area (Å²) in [5, 5.41) is 4.17. The molecular weight excluding hydrogens is 357 g/mol. The Morgan fingerprint density at radius 2 is 1.90 bits per heavy atom. The van der Waals surface area contributed by atoms with Gasteiger partial charge in [0.05, 0.1) is 16.9 Å². The lowest BCUT2D eigenvalue weighted by Crippen LogP contribution is -1.97. The Balaban J connectivity index is 2.11. The highest BCUT2D eigenvalue weighted by Gasteiger charge is 2.09. The average molecular weight is 367 g/mol. The highest BCUT2D eigenvalue weighted by molar-refractivity contribution is 9.10. The first-order valence-electron chi connectivity index (χ1n) is 6.10. The molecule has 0 aliphatic heterocycles. The molecule has 3 rings (SSSR count). The summed E-state index contributed by atoms with van der Waals surface area (Å²) in [6.45, 7) is 0. The second-order valence-corrected chi connectivity index (χ2v) is 5.85. The number of nitrogens with two attached hydrogens (primary N) is 1. The molecular formula is C15H10BrClFN3. The van der Waals surface area contributed by atoms with Crippen molar-refractivity contribution in [1.82, 2.24) is 4.98 Å². The lowest BCUT2D eigenvalue weighted by Gasteiger charge is -2.11. The maximum Gasteiger partial charge on any atom is 0.148 e. The number of nitrogens with zero attached hydrogens (tertiary/aromatic N) is 1. The fraction of sp³-hybridized carbons (Fsp3) is 0. The Morgan fingerprint density at radius 1 is 1.14 bits per heavy atom. The number of benzene rings is 2. The van der Waals surface area contributed by atoms with Crippen LogP contribution in [0.4, 0.5) is 21.5 Å². The van der Waals surface area contributed by atoms with E-state index >= 15 is 0 Å². The molecule has 0 saturated carbocycles. The molecule has 0 radical (unpaired) electrons. The van der Waals surface area contributed by atoms with Crippen molar-refractivity contribution in [3.05, 3.63) is 57.9 Å². The normalized spacial score (nSPS) is 10.8. The fourth-order valence-electron chi connectivity index (χ4n) is 2.05. The van der Waals surface area contributed by atoms with E-state index < -0.39 is 5.82 Å². The summed E-state index contributed by atoms with van der Waals surface area (Å²) in [6.07, 6.45) is 1.67. The molecule has 3 aromatic rings. The van der Waals surface area contributed by atoms with Crippen molar-refractivity contribution in [2.75, 3.05) is 11.1 Å². The molecule has 2 aromatic carbocycles. The minimum Gasteiger partial charge on any atom is -0.398 e. The summed E-state index contributed by atoms with van der Waals surface area (Å²) in [7, 11) is 0. The van der Waals surface area contributed by atoms with Crippen LogP contribution in [-0.4, -0.2) is 4.98 Å². The van der Waals surface area contributed by atoms with Crippen LogP contribution in [0.5, 0.6) is 0 Å². The highest BCUT2D eigenvalue weighted by atomic mass is 79.9. The number of nitrogens with one attached hydrogen (secondary N) is 1. The quantitative estimate of drug-likeness (QED) is 0.619. The first-order valence-corrected chi connectivity index (χ1v) is 7.27. The zero-order valence-electron chi connectivity index (χ0n) is 10.7. The molecule has 0 aliphatic rings. The number of anilines is 3. The summed E-state index contributed by atoms with van der Waals surface area (Å²) in [5.41, 5.74) is 8.25. The van der Waals surface area contributed by atoms with Gasteiger partial charge in [-0.25, -0.2) is 4.39 Å². The van der Waals surface area contributed by atoms with Crippen molar-refractivity contribution in [3.63, 3.8) is 0 Å². The number of nitrogen functional groups attached to an aromatic ring is 1. The number of pyridine rings is 1. The molecule has 0 spiro atoms. The Labute approximate surface area is 134 Å². The van der Waals surface area contributed by atoms with Gasteiger partial charge >= 0.3 is 0 Å². The van der Waals surface area contributed by atoms with E-state index in [0.717, 1.165) is 9.86 Å². The molecule has 106 valence electrons. The first-order chi connectivity index (χ1) is 10.0. The minimum absolute atomic E-state index is 0.329. The van der Waals surface area contributed by atoms with Crippen LogP contribution in [-0.2, 0) is 0 Å². The molecule has 0 bridgehead atoms. The molecule has 3 N–H and O–H groups in total. The van der Waals surface area contributed by atoms with Crippen LogP contribution in [0.15, 0.2) is 47.1 Å². The Hall–Kier alpha value is -1.85. The molecule has 0 unspecified atom stereocenters. The summed E-state index contributed by atoms with van der Waals surface area (Å²) in [4.78, 5) is 4.35. The standard InChI is InChI=1S/C15H10BrClFN3/c16-8-5-10-12(19)2-4-14(15(10)20-7-8)21-13-3-1-9(17)6-11(13)18/h1-7,21H,19H2. The Morgan fingerprint density at radius 3 is 2.67 bits per heavy atom. The minimum atomic E-state index is -0.426. The highest BCUT2D eigenvalue weighted by Crippen LogP contribution is 2.31. The molecule has 0 aliphatic carbocycles. The van der Waals surface area contributed by atoms with Crippen LogP contribution >= 0.6 is 27.5 Å². The van der Waals surface area contributed by atoms with E-state index in [-0.39, 0.29) is 0 Å². The van der Waals surface area contributed by atoms with Gasteiger partial charge in [-0.3, -0.25) is 4.98 Å².